The van der Waals surface area contributed by atoms with E-state index in [1.54, 1.807) is 7.11 Å². The van der Waals surface area contributed by atoms with Crippen LogP contribution in [0.1, 0.15) is 141 Å². The van der Waals surface area contributed by atoms with Gasteiger partial charge < -0.3 is 34.8 Å². The smallest absolute Gasteiger partial charge is 0.450 e. The van der Waals surface area contributed by atoms with Gasteiger partial charge >= 0.3 is 6.16 Å². The molecular weight excluding hydrogens is 701 g/mol. The van der Waals surface area contributed by atoms with Gasteiger partial charge in [-0.05, 0) is 147 Å². The molecule has 0 aromatic carbocycles. The molecule has 3 aromatic rings. The Bertz CT molecular complexity index is 2350. The van der Waals surface area contributed by atoms with Gasteiger partial charge in [0.15, 0.2) is 0 Å². The molecule has 4 aliphatic heterocycles. The Morgan fingerprint density at radius 1 is 0.714 bits per heavy atom. The molecule has 3 aromatic heterocycles. The van der Waals surface area contributed by atoms with Crippen LogP contribution in [0.15, 0.2) is 49.2 Å². The lowest BCUT2D eigenvalue weighted by Gasteiger charge is -2.21. The van der Waals surface area contributed by atoms with E-state index in [4.69, 9.17) is 19.5 Å². The summed E-state index contributed by atoms with van der Waals surface area (Å²) in [5.41, 5.74) is 24.3. The average molecular weight is 759 g/mol. The van der Waals surface area contributed by atoms with Crippen LogP contribution in [0.2, 0.25) is 0 Å². The zero-order valence-corrected chi connectivity index (χ0v) is 35.0. The quantitative estimate of drug-likeness (QED) is 0.131. The summed E-state index contributed by atoms with van der Waals surface area (Å²) in [6.45, 7) is 22.7. The molecule has 0 saturated heterocycles. The minimum atomic E-state index is -1.28. The highest BCUT2D eigenvalue weighted by molar-refractivity contribution is 6.17. The molecule has 0 fully saturated rings. The maximum atomic E-state index is 11.5. The largest absolute Gasteiger partial charge is 0.505 e. The molecule has 10 nitrogen and oxygen atoms in total. The number of fused-ring (bicyclic) bond motifs is 14. The van der Waals surface area contributed by atoms with Gasteiger partial charge in [0.1, 0.15) is 0 Å². The summed E-state index contributed by atoms with van der Waals surface area (Å²) < 4.78 is 10.7. The summed E-state index contributed by atoms with van der Waals surface area (Å²) in [7, 11) is 1.72. The van der Waals surface area contributed by atoms with Gasteiger partial charge in [-0.15, -0.1) is 0 Å². The van der Waals surface area contributed by atoms with E-state index in [-0.39, 0.29) is 12.6 Å². The van der Waals surface area contributed by atoms with E-state index >= 15 is 0 Å². The molecule has 0 saturated carbocycles. The summed E-state index contributed by atoms with van der Waals surface area (Å²) in [6, 6.07) is 0.101. The van der Waals surface area contributed by atoms with Crippen molar-refractivity contribution in [3.8, 4) is 0 Å². The van der Waals surface area contributed by atoms with Crippen molar-refractivity contribution in [2.45, 2.75) is 114 Å². The molecule has 10 heteroatoms. The van der Waals surface area contributed by atoms with Crippen LogP contribution in [-0.2, 0) is 28.7 Å². The third-order valence-electron chi connectivity index (χ3n) is 12.8. The van der Waals surface area contributed by atoms with E-state index in [0.717, 1.165) is 99.2 Å². The first-order chi connectivity index (χ1) is 26.9. The monoisotopic (exact) mass is 758 g/mol. The van der Waals surface area contributed by atoms with Crippen LogP contribution in [0.4, 0.5) is 4.79 Å². The van der Waals surface area contributed by atoms with Crippen LogP contribution in [0, 0.1) is 26.7 Å². The van der Waals surface area contributed by atoms with Crippen LogP contribution in [0.25, 0.3) is 17.8 Å². The average Bonchev–Trinajstić information content (AvgIpc) is 3.98. The van der Waals surface area contributed by atoms with E-state index in [2.05, 4.69) is 102 Å². The number of allylic oxidation sites excluding steroid dienone is 3. The fourth-order valence-electron chi connectivity index (χ4n) is 9.69. The van der Waals surface area contributed by atoms with Crippen LogP contribution >= 0.6 is 0 Å². The molecule has 7 rings (SSSR count). The van der Waals surface area contributed by atoms with Crippen molar-refractivity contribution in [3.63, 3.8) is 0 Å². The lowest BCUT2D eigenvalue weighted by Crippen LogP contribution is -2.21. The number of carbonyl (C=O) groups is 1. The van der Waals surface area contributed by atoms with Crippen molar-refractivity contribution in [2.75, 3.05) is 20.3 Å². The predicted octanol–water partition coefficient (Wildman–Crippen LogP) is 10.1. The molecule has 0 amide bonds. The molecule has 5 N–H and O–H groups in total. The maximum absolute atomic E-state index is 11.5. The van der Waals surface area contributed by atoms with E-state index < -0.39 is 6.16 Å². The summed E-state index contributed by atoms with van der Waals surface area (Å²) >= 11 is 0. The Morgan fingerprint density at radius 2 is 1.39 bits per heavy atom. The SMILES string of the molecule is CCC1=C(C)C2=N/C1=C\c1[nH]c(c(CCOC(=O)O)c1C)C1=N/C(=C\c3[nH]c(c(C)c3CC)C3=C(C)C(CC)C(N3)c3[nH]c2c(C)c3CC)C(C)=C1CCOC. The fourth-order valence-corrected chi connectivity index (χ4v) is 9.69. The number of aromatic nitrogens is 3. The number of methoxy groups -OCH3 is 1. The second-order valence-corrected chi connectivity index (χ2v) is 15.6. The maximum Gasteiger partial charge on any atom is 0.505 e. The molecule has 0 radical (unpaired) electrons. The number of rotatable bonds is 10. The van der Waals surface area contributed by atoms with Crippen LogP contribution < -0.4 is 5.32 Å². The standard InChI is InChI=1S/C46H58N6O4/c1-12-28-24(7)38-40-26(9)30(14-3)42(51-40)43-31(15-4)27(10)41(52-43)39-25(8)29(13-2)37(50-39)21-35-23(6)33(17-19-56-46(53)54)45(48-35)44-32(16-18-55-11)22(5)34(47-44)20-36(28)49-38/h20-21,30,42,48-49,51-52H,12-19H2,1-11H3,(H,53,54)/b34-20-,37-21-. The summed E-state index contributed by atoms with van der Waals surface area (Å²) in [5.74, 6) is 0.323. The zero-order chi connectivity index (χ0) is 40.2. The van der Waals surface area contributed by atoms with Gasteiger partial charge in [-0.1, -0.05) is 27.7 Å². The van der Waals surface area contributed by atoms with Gasteiger partial charge in [-0.25, -0.2) is 14.8 Å². The Morgan fingerprint density at radius 3 is 2.05 bits per heavy atom. The second kappa shape index (κ2) is 15.4. The minimum absolute atomic E-state index is 0.0341. The molecule has 2 unspecified atom stereocenters. The first-order valence-corrected chi connectivity index (χ1v) is 20.4. The van der Waals surface area contributed by atoms with Gasteiger partial charge in [0.25, 0.3) is 0 Å². The molecule has 56 heavy (non-hydrogen) atoms. The predicted molar refractivity (Wildman–Crippen MR) is 226 cm³/mol. The number of nitrogens with zero attached hydrogens (tertiary/aromatic N) is 2. The molecule has 296 valence electrons. The number of H-pyrrole nitrogens is 3. The van der Waals surface area contributed by atoms with Crippen molar-refractivity contribution in [1.82, 2.24) is 20.3 Å². The van der Waals surface area contributed by atoms with Crippen molar-refractivity contribution in [2.24, 2.45) is 15.9 Å². The molecule has 12 bridgehead atoms. The fraction of sp³-hybridized carbons (Fsp3) is 0.457. The number of aromatic amines is 3. The zero-order valence-electron chi connectivity index (χ0n) is 35.0. The number of carboxylic acid groups (broad SMARTS) is 1. The topological polar surface area (TPSA) is 140 Å². The highest BCUT2D eigenvalue weighted by Crippen LogP contribution is 2.45. The van der Waals surface area contributed by atoms with Crippen molar-refractivity contribution in [1.29, 1.82) is 0 Å². The van der Waals surface area contributed by atoms with Crippen molar-refractivity contribution >= 4 is 35.4 Å². The number of hydrogen-bond acceptors (Lipinski definition) is 6. The van der Waals surface area contributed by atoms with Crippen LogP contribution in [-0.4, -0.2) is 58.0 Å². The van der Waals surface area contributed by atoms with Crippen LogP contribution in [0.5, 0.6) is 0 Å². The number of nitrogens with one attached hydrogen (secondary N) is 4. The van der Waals surface area contributed by atoms with E-state index in [1.807, 2.05) is 0 Å². The highest BCUT2D eigenvalue weighted by atomic mass is 16.7. The lowest BCUT2D eigenvalue weighted by atomic mass is 9.88. The third kappa shape index (κ3) is 6.36. The normalized spacial score (nSPS) is 20.9. The van der Waals surface area contributed by atoms with Gasteiger partial charge in [0, 0.05) is 36.5 Å². The Balaban J connectivity index is 1.53. The highest BCUT2D eigenvalue weighted by Gasteiger charge is 2.38. The number of hydrogen-bond donors (Lipinski definition) is 5. The van der Waals surface area contributed by atoms with E-state index in [1.165, 1.54) is 50.4 Å². The molecule has 4 aliphatic rings. The molecule has 7 heterocycles. The summed E-state index contributed by atoms with van der Waals surface area (Å²) in [6.07, 6.45) is 7.80. The molecule has 0 spiro atoms. The minimum Gasteiger partial charge on any atom is -0.450 e. The third-order valence-corrected chi connectivity index (χ3v) is 12.8. The van der Waals surface area contributed by atoms with Gasteiger partial charge in [-0.3, -0.25) is 0 Å². The second-order valence-electron chi connectivity index (χ2n) is 15.6. The summed E-state index contributed by atoms with van der Waals surface area (Å²) in [4.78, 5) is 33.9. The first-order valence-electron chi connectivity index (χ1n) is 20.4. The number of aliphatic imine (C=N–C) groups is 2. The van der Waals surface area contributed by atoms with E-state index in [9.17, 15) is 9.90 Å². The van der Waals surface area contributed by atoms with Crippen molar-refractivity contribution in [3.05, 3.63) is 107 Å². The molecular formula is C46H58N6O4. The summed E-state index contributed by atoms with van der Waals surface area (Å²) in [5, 5.41) is 13.4. The Kier molecular flexibility index (Phi) is 10.8. The van der Waals surface area contributed by atoms with Gasteiger partial charge in [0.05, 0.1) is 64.9 Å². The Labute approximate surface area is 331 Å². The Hall–Kier alpha value is -5.09. The van der Waals surface area contributed by atoms with Crippen molar-refractivity contribution < 1.29 is 19.4 Å². The van der Waals surface area contributed by atoms with Gasteiger partial charge in [-0.2, -0.15) is 0 Å². The van der Waals surface area contributed by atoms with E-state index in [0.29, 0.717) is 25.4 Å². The molecule has 2 atom stereocenters. The molecule has 0 aliphatic carbocycles. The number of ether oxygens (including phenoxy) is 2. The lowest BCUT2D eigenvalue weighted by molar-refractivity contribution is 0.0926. The van der Waals surface area contributed by atoms with Gasteiger partial charge in [0.2, 0.25) is 0 Å². The van der Waals surface area contributed by atoms with Crippen LogP contribution in [0.3, 0.4) is 0 Å². The first kappa shape index (κ1) is 39.2.